The normalized spacial score (nSPS) is 13.2. The van der Waals surface area contributed by atoms with Gasteiger partial charge < -0.3 is 5.53 Å². The van der Waals surface area contributed by atoms with Gasteiger partial charge in [-0.05, 0) is 73.9 Å². The maximum absolute atomic E-state index is 11.4. The van der Waals surface area contributed by atoms with E-state index in [1.54, 1.807) is 0 Å². The number of nitrogens with zero attached hydrogens (tertiary/aromatic N) is 2. The molecule has 0 bridgehead atoms. The molecule has 2 aromatic carbocycles. The van der Waals surface area contributed by atoms with E-state index in [1.165, 1.54) is 85.6 Å². The molecule has 0 saturated carbocycles. The van der Waals surface area contributed by atoms with Gasteiger partial charge in [-0.1, -0.05) is 103 Å². The smallest absolute Gasteiger partial charge is 0.210 e. The first-order valence-electron chi connectivity index (χ1n) is 14.8. The number of aryl methyl sites for hydroxylation is 2. The number of unbranched alkanes of at least 4 members (excludes halogenated alkanes) is 9. The molecule has 2 aromatic rings. The van der Waals surface area contributed by atoms with Gasteiger partial charge in [0.1, 0.15) is 0 Å². The predicted molar refractivity (Wildman–Crippen MR) is 156 cm³/mol. The first kappa shape index (κ1) is 31.2. The third-order valence-electron chi connectivity index (χ3n) is 7.44. The van der Waals surface area contributed by atoms with Crippen molar-refractivity contribution in [3.8, 4) is 0 Å². The Kier molecular flexibility index (Phi) is 14.8. The van der Waals surface area contributed by atoms with E-state index in [4.69, 9.17) is 0 Å². The summed E-state index contributed by atoms with van der Waals surface area (Å²) in [7, 11) is 0. The molecule has 204 valence electrons. The van der Waals surface area contributed by atoms with Gasteiger partial charge in [-0.3, -0.25) is 0 Å². The van der Waals surface area contributed by atoms with Crippen molar-refractivity contribution in [1.29, 1.82) is 0 Å². The van der Waals surface area contributed by atoms with E-state index in [9.17, 15) is 5.53 Å². The van der Waals surface area contributed by atoms with Gasteiger partial charge in [0.15, 0.2) is 0 Å². The largest absolute Gasteiger partial charge is 0.493 e. The summed E-state index contributed by atoms with van der Waals surface area (Å²) in [5, 5.41) is 0. The average Bonchev–Trinajstić information content (AvgIpc) is 3.24. The summed E-state index contributed by atoms with van der Waals surface area (Å²) in [6.45, 7) is 6.76. The van der Waals surface area contributed by atoms with Crippen LogP contribution in [0.15, 0.2) is 60.2 Å². The summed E-state index contributed by atoms with van der Waals surface area (Å²) in [5.74, 6) is 0. The molecule has 0 fully saturated rings. The van der Waals surface area contributed by atoms with Crippen molar-refractivity contribution in [2.75, 3.05) is 0 Å². The maximum Gasteiger partial charge on any atom is 0.210 e. The Labute approximate surface area is 237 Å². The van der Waals surface area contributed by atoms with Gasteiger partial charge >= 0.3 is 0 Å². The van der Waals surface area contributed by atoms with Crippen LogP contribution >= 0.6 is 0 Å². The second kappa shape index (κ2) is 17.5. The van der Waals surface area contributed by atoms with Crippen molar-refractivity contribution in [2.24, 2.45) is 0 Å². The predicted octanol–water partition coefficient (Wildman–Crippen LogP) is 10.7. The molecule has 1 heterocycles. The minimum atomic E-state index is 0. The van der Waals surface area contributed by atoms with Crippen LogP contribution in [-0.2, 0) is 29.3 Å². The summed E-state index contributed by atoms with van der Waals surface area (Å²) in [5.41, 5.74) is 19.5. The molecule has 1 aliphatic rings. The van der Waals surface area contributed by atoms with Gasteiger partial charge in [0.05, 0.1) is 0 Å². The molecule has 0 saturated heterocycles. The van der Waals surface area contributed by atoms with Crippen LogP contribution < -0.4 is 0 Å². The van der Waals surface area contributed by atoms with Gasteiger partial charge in [0.2, 0.25) is 11.4 Å². The van der Waals surface area contributed by atoms with Crippen molar-refractivity contribution < 1.29 is 21.2 Å². The molecule has 0 amide bonds. The Bertz CT molecular complexity index is 1020. The summed E-state index contributed by atoms with van der Waals surface area (Å²) in [6.07, 6.45) is 20.8. The Morgan fingerprint density at radius 1 is 0.595 bits per heavy atom. The van der Waals surface area contributed by atoms with Crippen LogP contribution in [0, 0.1) is 0 Å². The molecule has 0 unspecified atom stereocenters. The van der Waals surface area contributed by atoms with Gasteiger partial charge in [0, 0.05) is 39.3 Å². The molecular formula is C34H48N2Ni. The quantitative estimate of drug-likeness (QED) is 0.108. The summed E-state index contributed by atoms with van der Waals surface area (Å²) >= 11 is 0. The van der Waals surface area contributed by atoms with E-state index in [0.717, 1.165) is 54.6 Å². The molecular weight excluding hydrogens is 495 g/mol. The van der Waals surface area contributed by atoms with Crippen LogP contribution in [0.25, 0.3) is 16.9 Å². The minimum Gasteiger partial charge on any atom is -0.493 e. The van der Waals surface area contributed by atoms with E-state index in [1.807, 2.05) is 0 Å². The fraction of sp³-hybridized carbons (Fsp3) is 0.529. The van der Waals surface area contributed by atoms with Crippen molar-refractivity contribution in [2.45, 2.75) is 117 Å². The molecule has 0 aliphatic carbocycles. The van der Waals surface area contributed by atoms with Gasteiger partial charge in [-0.2, -0.15) is 0 Å². The Morgan fingerprint density at radius 2 is 1.19 bits per heavy atom. The second-order valence-corrected chi connectivity index (χ2v) is 10.5. The number of benzene rings is 2. The number of allylic oxidation sites excluding steroid dienone is 2. The van der Waals surface area contributed by atoms with E-state index in [2.05, 4.69) is 75.4 Å². The Balaban J connectivity index is 0.00000481. The molecule has 0 radical (unpaired) electrons. The minimum absolute atomic E-state index is 0. The SMILES string of the molecule is CCCCCCCCc1ccc(C2=C(CCCC)C=C(c3cccc(CCCCCC)c3)[N+]2=[N-])cc1.[Ni]. The van der Waals surface area contributed by atoms with Gasteiger partial charge in [-0.15, -0.1) is 0 Å². The van der Waals surface area contributed by atoms with Crippen molar-refractivity contribution in [3.05, 3.63) is 88.0 Å². The fourth-order valence-electron chi connectivity index (χ4n) is 5.20. The topological polar surface area (TPSA) is 25.3 Å². The molecule has 2 nitrogen and oxygen atoms in total. The fourth-order valence-corrected chi connectivity index (χ4v) is 5.20. The molecule has 0 spiro atoms. The van der Waals surface area contributed by atoms with E-state index < -0.39 is 0 Å². The van der Waals surface area contributed by atoms with Gasteiger partial charge in [-0.25, -0.2) is 4.70 Å². The first-order chi connectivity index (χ1) is 17.7. The first-order valence-corrected chi connectivity index (χ1v) is 14.8. The van der Waals surface area contributed by atoms with Crippen LogP contribution in [0.3, 0.4) is 0 Å². The van der Waals surface area contributed by atoms with E-state index in [0.29, 0.717) is 0 Å². The zero-order valence-electron chi connectivity index (χ0n) is 23.5. The van der Waals surface area contributed by atoms with Crippen LogP contribution in [0.5, 0.6) is 0 Å². The van der Waals surface area contributed by atoms with Crippen LogP contribution in [-0.4, -0.2) is 4.70 Å². The van der Waals surface area contributed by atoms with Crippen molar-refractivity contribution in [3.63, 3.8) is 0 Å². The molecule has 37 heavy (non-hydrogen) atoms. The zero-order valence-corrected chi connectivity index (χ0v) is 24.5. The number of rotatable bonds is 17. The van der Waals surface area contributed by atoms with Crippen LogP contribution in [0.4, 0.5) is 0 Å². The van der Waals surface area contributed by atoms with Crippen LogP contribution in [0.2, 0.25) is 0 Å². The molecule has 3 heteroatoms. The molecule has 0 atom stereocenters. The third-order valence-corrected chi connectivity index (χ3v) is 7.44. The molecule has 0 aromatic heterocycles. The second-order valence-electron chi connectivity index (χ2n) is 10.5. The summed E-state index contributed by atoms with van der Waals surface area (Å²) < 4.78 is 1.45. The van der Waals surface area contributed by atoms with E-state index >= 15 is 0 Å². The molecule has 1 aliphatic heterocycles. The monoisotopic (exact) mass is 542 g/mol. The number of hydrogen-bond donors (Lipinski definition) is 0. The third kappa shape index (κ3) is 9.68. The maximum atomic E-state index is 11.4. The van der Waals surface area contributed by atoms with Gasteiger partial charge in [0.25, 0.3) is 0 Å². The molecule has 3 rings (SSSR count). The Morgan fingerprint density at radius 3 is 1.86 bits per heavy atom. The average molecular weight is 543 g/mol. The number of hydrogen-bond acceptors (Lipinski definition) is 0. The molecule has 0 N–H and O–H groups in total. The van der Waals surface area contributed by atoms with E-state index in [-0.39, 0.29) is 16.5 Å². The van der Waals surface area contributed by atoms with Crippen molar-refractivity contribution >= 4 is 11.4 Å². The summed E-state index contributed by atoms with van der Waals surface area (Å²) in [4.78, 5) is 0. The standard InChI is InChI=1S/C34H48N2.Ni/c1-4-7-10-12-13-15-17-28-22-24-30(25-23-28)34-32(20-9-6-3)27-33(36(34)35)31-21-16-19-29(26-31)18-14-11-8-5-2;/h16,19,21-27H,4-15,17-18,20H2,1-3H3;. The van der Waals surface area contributed by atoms with Crippen LogP contribution in [0.1, 0.15) is 126 Å². The van der Waals surface area contributed by atoms with Crippen molar-refractivity contribution in [1.82, 2.24) is 0 Å². The Hall–Kier alpha value is -1.99. The summed E-state index contributed by atoms with van der Waals surface area (Å²) in [6, 6.07) is 17.7. The zero-order chi connectivity index (χ0) is 25.6.